The van der Waals surface area contributed by atoms with E-state index in [0.29, 0.717) is 0 Å². The number of rotatable bonds is 3. The largest absolute Gasteiger partial charge is 0.441 e. The molecule has 20 heavy (non-hydrogen) atoms. The Kier molecular flexibility index (Phi) is 4.49. The molecule has 0 aromatic heterocycles. The van der Waals surface area contributed by atoms with E-state index >= 15 is 0 Å². The third-order valence-electron chi connectivity index (χ3n) is 3.46. The highest BCUT2D eigenvalue weighted by Crippen LogP contribution is 2.27. The van der Waals surface area contributed by atoms with Crippen molar-refractivity contribution in [3.05, 3.63) is 70.8 Å². The normalized spacial score (nSPS) is 15.8. The molecule has 4 heteroatoms. The number of halogens is 1. The van der Waals surface area contributed by atoms with Gasteiger partial charge in [0.2, 0.25) is 12.4 Å². The molecule has 0 radical (unpaired) electrons. The molecular weight excluding hydrogens is 357 g/mol. The average Bonchev–Trinajstić information content (AvgIpc) is 2.48. The summed E-state index contributed by atoms with van der Waals surface area (Å²) in [5.74, 6) is 6.59. The molecule has 1 unspecified atom stereocenters. The zero-order valence-corrected chi connectivity index (χ0v) is 13.3. The summed E-state index contributed by atoms with van der Waals surface area (Å²) < 4.78 is 6.08. The van der Waals surface area contributed by atoms with Crippen molar-refractivity contribution in [2.75, 3.05) is 0 Å². The lowest BCUT2D eigenvalue weighted by Crippen LogP contribution is -2.15. The number of fused-ring (bicyclic) bond motifs is 2. The lowest BCUT2D eigenvalue weighted by atomic mass is 9.71. The van der Waals surface area contributed by atoms with Crippen LogP contribution in [0.2, 0.25) is 0 Å². The molecule has 0 bridgehead atoms. The fourth-order valence-corrected chi connectivity index (χ4v) is 2.75. The zero-order chi connectivity index (χ0) is 13.8. The van der Waals surface area contributed by atoms with Crippen LogP contribution in [0.4, 0.5) is 0 Å². The SMILES string of the molecule is IBBOC1Cc2ccccc2C#Cc2ccccc21. The van der Waals surface area contributed by atoms with Crippen molar-refractivity contribution in [3.63, 3.8) is 0 Å². The minimum Gasteiger partial charge on any atom is -0.441 e. The van der Waals surface area contributed by atoms with Gasteiger partial charge in [-0.25, -0.2) is 0 Å². The van der Waals surface area contributed by atoms with Crippen LogP contribution in [-0.4, -0.2) is 12.4 Å². The molecule has 1 aliphatic carbocycles. The highest BCUT2D eigenvalue weighted by molar-refractivity contribution is 14.1. The Balaban J connectivity index is 2.07. The lowest BCUT2D eigenvalue weighted by Gasteiger charge is -2.22. The lowest BCUT2D eigenvalue weighted by molar-refractivity contribution is 0.223. The van der Waals surface area contributed by atoms with E-state index in [4.69, 9.17) is 4.65 Å². The summed E-state index contributed by atoms with van der Waals surface area (Å²) in [7, 11) is 0.773. The van der Waals surface area contributed by atoms with Crippen LogP contribution in [0, 0.1) is 11.8 Å². The van der Waals surface area contributed by atoms with E-state index in [1.54, 1.807) is 0 Å². The molecule has 0 amide bonds. The standard InChI is InChI=1S/C16H13B2IO/c19-17-18-20-16-11-14-7-2-1-5-12(14)9-10-13-6-3-4-8-15(13)16/h1-8,16-18H,11H2. The smallest absolute Gasteiger partial charge is 0.249 e. The summed E-state index contributed by atoms with van der Waals surface area (Å²) >= 11 is 2.35. The Hall–Kier alpha value is -1.18. The van der Waals surface area contributed by atoms with E-state index in [9.17, 15) is 0 Å². The van der Waals surface area contributed by atoms with Gasteiger partial charge in [0.1, 0.15) is 0 Å². The molecule has 0 fully saturated rings. The molecule has 1 nitrogen and oxygen atoms in total. The van der Waals surface area contributed by atoms with Gasteiger partial charge in [-0.2, -0.15) is 22.4 Å². The van der Waals surface area contributed by atoms with Gasteiger partial charge in [0.15, 0.2) is 0 Å². The molecule has 3 rings (SSSR count). The Morgan fingerprint density at radius 2 is 1.70 bits per heavy atom. The van der Waals surface area contributed by atoms with E-state index in [1.807, 2.05) is 12.1 Å². The fraction of sp³-hybridized carbons (Fsp3) is 0.125. The van der Waals surface area contributed by atoms with Crippen molar-refractivity contribution < 1.29 is 4.65 Å². The first-order chi connectivity index (χ1) is 9.88. The van der Waals surface area contributed by atoms with Gasteiger partial charge in [0.05, 0.1) is 6.10 Å². The van der Waals surface area contributed by atoms with Crippen molar-refractivity contribution in [3.8, 4) is 11.8 Å². The third-order valence-corrected chi connectivity index (χ3v) is 3.90. The minimum atomic E-state index is 0.0942. The maximum absolute atomic E-state index is 6.08. The summed E-state index contributed by atoms with van der Waals surface area (Å²) in [5, 5.41) is 1.00. The predicted molar refractivity (Wildman–Crippen MR) is 94.7 cm³/mol. The Bertz CT molecular complexity index is 675. The van der Waals surface area contributed by atoms with Crippen LogP contribution in [0.15, 0.2) is 48.5 Å². The maximum Gasteiger partial charge on any atom is 0.249 e. The van der Waals surface area contributed by atoms with Crippen molar-refractivity contribution in [1.82, 2.24) is 0 Å². The van der Waals surface area contributed by atoms with Crippen LogP contribution in [0.25, 0.3) is 0 Å². The molecule has 0 saturated carbocycles. The predicted octanol–water partition coefficient (Wildman–Crippen LogP) is 2.75. The summed E-state index contributed by atoms with van der Waals surface area (Å²) in [6.45, 7) is 0. The van der Waals surface area contributed by atoms with Gasteiger partial charge in [-0.3, -0.25) is 0 Å². The van der Waals surface area contributed by atoms with Crippen LogP contribution in [0.1, 0.15) is 28.4 Å². The van der Waals surface area contributed by atoms with E-state index < -0.39 is 0 Å². The van der Waals surface area contributed by atoms with Crippen LogP contribution >= 0.6 is 22.4 Å². The second kappa shape index (κ2) is 6.51. The van der Waals surface area contributed by atoms with Crippen LogP contribution in [0.3, 0.4) is 0 Å². The van der Waals surface area contributed by atoms with Gasteiger partial charge in [-0.15, -0.1) is 0 Å². The second-order valence-electron chi connectivity index (χ2n) is 4.75. The van der Waals surface area contributed by atoms with Gasteiger partial charge in [-0.05, 0) is 23.3 Å². The van der Waals surface area contributed by atoms with Crippen molar-refractivity contribution in [2.24, 2.45) is 0 Å². The number of benzene rings is 2. The van der Waals surface area contributed by atoms with Gasteiger partial charge in [0.25, 0.3) is 0 Å². The second-order valence-corrected chi connectivity index (χ2v) is 5.83. The van der Waals surface area contributed by atoms with Gasteiger partial charge in [-0.1, -0.05) is 48.2 Å². The number of hydrogen-bond acceptors (Lipinski definition) is 1. The van der Waals surface area contributed by atoms with E-state index in [-0.39, 0.29) is 6.10 Å². The summed E-state index contributed by atoms with van der Waals surface area (Å²) in [6, 6.07) is 16.7. The Labute approximate surface area is 134 Å². The topological polar surface area (TPSA) is 9.23 Å². The molecule has 1 aliphatic rings. The van der Waals surface area contributed by atoms with E-state index in [0.717, 1.165) is 29.9 Å². The monoisotopic (exact) mass is 370 g/mol. The van der Waals surface area contributed by atoms with Crippen LogP contribution in [-0.2, 0) is 11.1 Å². The summed E-state index contributed by atoms with van der Waals surface area (Å²) in [4.78, 5) is 0. The highest BCUT2D eigenvalue weighted by atomic mass is 127. The minimum absolute atomic E-state index is 0.0942. The summed E-state index contributed by atoms with van der Waals surface area (Å²) in [5.41, 5.74) is 4.68. The van der Waals surface area contributed by atoms with Crippen LogP contribution < -0.4 is 0 Å². The Morgan fingerprint density at radius 3 is 2.55 bits per heavy atom. The van der Waals surface area contributed by atoms with E-state index in [2.05, 4.69) is 70.6 Å². The quantitative estimate of drug-likeness (QED) is 0.459. The number of hydrogen-bond donors (Lipinski definition) is 0. The van der Waals surface area contributed by atoms with Crippen LogP contribution in [0.5, 0.6) is 0 Å². The van der Waals surface area contributed by atoms with Crippen molar-refractivity contribution in [1.29, 1.82) is 0 Å². The zero-order valence-electron chi connectivity index (χ0n) is 11.1. The Morgan fingerprint density at radius 1 is 1.00 bits per heavy atom. The maximum atomic E-state index is 6.08. The van der Waals surface area contributed by atoms with Gasteiger partial charge >= 0.3 is 0 Å². The molecule has 96 valence electrons. The molecule has 0 N–H and O–H groups in total. The average molecular weight is 370 g/mol. The fourth-order valence-electron chi connectivity index (χ4n) is 2.49. The first kappa shape index (κ1) is 13.8. The molecule has 0 saturated heterocycles. The first-order valence-electron chi connectivity index (χ1n) is 6.75. The van der Waals surface area contributed by atoms with Crippen molar-refractivity contribution in [2.45, 2.75) is 12.5 Å². The van der Waals surface area contributed by atoms with Gasteiger partial charge in [0, 0.05) is 17.5 Å². The third kappa shape index (κ3) is 2.94. The molecule has 1 atom stereocenters. The highest BCUT2D eigenvalue weighted by Gasteiger charge is 2.18. The first-order valence-corrected chi connectivity index (χ1v) is 8.27. The molecule has 0 aliphatic heterocycles. The molecule has 2 aromatic carbocycles. The molecule has 0 spiro atoms. The summed E-state index contributed by atoms with van der Waals surface area (Å²) in [6.07, 6.45) is 0.982. The molecule has 2 aromatic rings. The molecular formula is C16H13B2IO. The molecule has 0 heterocycles. The van der Waals surface area contributed by atoms with Crippen molar-refractivity contribution >= 4 is 34.8 Å². The van der Waals surface area contributed by atoms with E-state index in [1.165, 1.54) is 11.1 Å². The van der Waals surface area contributed by atoms with Gasteiger partial charge < -0.3 is 4.65 Å².